The zero-order valence-electron chi connectivity index (χ0n) is 14.9. The molecule has 140 valence electrons. The third kappa shape index (κ3) is 3.84. The molecule has 0 radical (unpaired) electrons. The van der Waals surface area contributed by atoms with Crippen LogP contribution in [0.3, 0.4) is 0 Å². The summed E-state index contributed by atoms with van der Waals surface area (Å²) in [5.41, 5.74) is 0.874. The van der Waals surface area contributed by atoms with E-state index in [1.165, 1.54) is 6.07 Å². The standard InChI is InChI=1S/C19H19N3O5/c1-11-8-17(23)26-15-9-13(6-7-14(11)15)25-10-16-21-19(27-22-16)18(24)20-12-4-2-3-5-12/h6-9,12H,2-5,10H2,1H3,(H,20,24). The zero-order valence-corrected chi connectivity index (χ0v) is 14.9. The molecule has 0 saturated heterocycles. The number of amides is 1. The van der Waals surface area contributed by atoms with E-state index in [1.54, 1.807) is 12.1 Å². The quantitative estimate of drug-likeness (QED) is 0.689. The van der Waals surface area contributed by atoms with Gasteiger partial charge >= 0.3 is 17.4 Å². The predicted octanol–water partition coefficient (Wildman–Crippen LogP) is 2.74. The van der Waals surface area contributed by atoms with E-state index >= 15 is 0 Å². The lowest BCUT2D eigenvalue weighted by atomic mass is 10.1. The number of aromatic nitrogens is 2. The minimum atomic E-state index is -0.409. The Bertz CT molecular complexity index is 1030. The molecule has 8 heteroatoms. The fourth-order valence-corrected chi connectivity index (χ4v) is 3.27. The number of carbonyl (C=O) groups excluding carboxylic acids is 1. The molecule has 2 aromatic heterocycles. The number of hydrogen-bond acceptors (Lipinski definition) is 7. The molecule has 0 spiro atoms. The summed E-state index contributed by atoms with van der Waals surface area (Å²) in [6.07, 6.45) is 4.21. The highest BCUT2D eigenvalue weighted by Crippen LogP contribution is 2.23. The Labute approximate surface area is 154 Å². The lowest BCUT2D eigenvalue weighted by Crippen LogP contribution is -2.32. The third-order valence-corrected chi connectivity index (χ3v) is 4.64. The van der Waals surface area contributed by atoms with Crippen LogP contribution < -0.4 is 15.7 Å². The van der Waals surface area contributed by atoms with Gasteiger partial charge in [0, 0.05) is 23.6 Å². The van der Waals surface area contributed by atoms with Crippen molar-refractivity contribution in [1.29, 1.82) is 0 Å². The van der Waals surface area contributed by atoms with Crippen LogP contribution in [0.5, 0.6) is 5.75 Å². The maximum absolute atomic E-state index is 12.1. The summed E-state index contributed by atoms with van der Waals surface area (Å²) in [4.78, 5) is 27.7. The van der Waals surface area contributed by atoms with E-state index in [0.29, 0.717) is 11.3 Å². The van der Waals surface area contributed by atoms with Crippen LogP contribution in [0.4, 0.5) is 0 Å². The van der Waals surface area contributed by atoms with Crippen LogP contribution in [0.2, 0.25) is 0 Å². The molecular formula is C19H19N3O5. The maximum atomic E-state index is 12.1. The molecule has 3 aromatic rings. The van der Waals surface area contributed by atoms with Gasteiger partial charge in [-0.05, 0) is 37.5 Å². The number of fused-ring (bicyclic) bond motifs is 1. The molecule has 1 N–H and O–H groups in total. The van der Waals surface area contributed by atoms with Crippen LogP contribution >= 0.6 is 0 Å². The second-order valence-corrected chi connectivity index (χ2v) is 6.67. The van der Waals surface area contributed by atoms with Gasteiger partial charge in [-0.15, -0.1) is 0 Å². The first-order chi connectivity index (χ1) is 13.1. The summed E-state index contributed by atoms with van der Waals surface area (Å²) in [7, 11) is 0. The van der Waals surface area contributed by atoms with Crippen molar-refractivity contribution in [3.05, 3.63) is 52.0 Å². The van der Waals surface area contributed by atoms with Crippen LogP contribution in [-0.4, -0.2) is 22.1 Å². The van der Waals surface area contributed by atoms with Gasteiger partial charge in [0.15, 0.2) is 6.61 Å². The molecule has 1 amide bonds. The van der Waals surface area contributed by atoms with Crippen LogP contribution in [-0.2, 0) is 6.61 Å². The van der Waals surface area contributed by atoms with Crippen molar-refractivity contribution in [1.82, 2.24) is 15.5 Å². The molecule has 0 atom stereocenters. The summed E-state index contributed by atoms with van der Waals surface area (Å²) in [5.74, 6) is 0.333. The summed E-state index contributed by atoms with van der Waals surface area (Å²) in [6.45, 7) is 1.87. The average Bonchev–Trinajstić information content (AvgIpc) is 3.31. The van der Waals surface area contributed by atoms with Crippen LogP contribution in [0.1, 0.15) is 47.8 Å². The Hall–Kier alpha value is -3.16. The smallest absolute Gasteiger partial charge is 0.336 e. The van der Waals surface area contributed by atoms with Gasteiger partial charge in [-0.2, -0.15) is 4.98 Å². The van der Waals surface area contributed by atoms with E-state index in [1.807, 2.05) is 13.0 Å². The van der Waals surface area contributed by atoms with Gasteiger partial charge in [0.05, 0.1) is 0 Å². The van der Waals surface area contributed by atoms with E-state index in [-0.39, 0.29) is 30.3 Å². The van der Waals surface area contributed by atoms with Crippen LogP contribution in [0.25, 0.3) is 11.0 Å². The van der Waals surface area contributed by atoms with Gasteiger partial charge in [-0.25, -0.2) is 4.79 Å². The molecule has 1 saturated carbocycles. The number of rotatable bonds is 5. The Morgan fingerprint density at radius 3 is 2.93 bits per heavy atom. The molecule has 1 aromatic carbocycles. The molecular weight excluding hydrogens is 350 g/mol. The summed E-state index contributed by atoms with van der Waals surface area (Å²) in [5, 5.41) is 7.51. The number of hydrogen-bond donors (Lipinski definition) is 1. The lowest BCUT2D eigenvalue weighted by Gasteiger charge is -2.08. The number of ether oxygens (including phenoxy) is 1. The number of nitrogens with zero attached hydrogens (tertiary/aromatic N) is 2. The summed E-state index contributed by atoms with van der Waals surface area (Å²) < 4.78 is 15.8. The Balaban J connectivity index is 1.41. The number of nitrogens with one attached hydrogen (secondary N) is 1. The first-order valence-electron chi connectivity index (χ1n) is 8.89. The van der Waals surface area contributed by atoms with E-state index in [2.05, 4.69) is 15.5 Å². The Morgan fingerprint density at radius 2 is 2.11 bits per heavy atom. The van der Waals surface area contributed by atoms with Crippen molar-refractivity contribution in [2.75, 3.05) is 0 Å². The van der Waals surface area contributed by atoms with E-state index in [9.17, 15) is 9.59 Å². The largest absolute Gasteiger partial charge is 0.485 e. The molecule has 4 rings (SSSR count). The van der Waals surface area contributed by atoms with Crippen molar-refractivity contribution < 1.29 is 18.5 Å². The highest BCUT2D eigenvalue weighted by Gasteiger charge is 2.21. The molecule has 0 bridgehead atoms. The van der Waals surface area contributed by atoms with E-state index in [0.717, 1.165) is 36.6 Å². The molecule has 8 nitrogen and oxygen atoms in total. The fourth-order valence-electron chi connectivity index (χ4n) is 3.27. The highest BCUT2D eigenvalue weighted by atomic mass is 16.5. The Kier molecular flexibility index (Phi) is 4.62. The second-order valence-electron chi connectivity index (χ2n) is 6.67. The number of carbonyl (C=O) groups is 1. The van der Waals surface area contributed by atoms with Gasteiger partial charge < -0.3 is 19.0 Å². The first kappa shape index (κ1) is 17.3. The minimum Gasteiger partial charge on any atom is -0.485 e. The maximum Gasteiger partial charge on any atom is 0.336 e. The van der Waals surface area contributed by atoms with Gasteiger partial charge in [0.1, 0.15) is 11.3 Å². The topological polar surface area (TPSA) is 107 Å². The van der Waals surface area contributed by atoms with Crippen molar-refractivity contribution in [3.63, 3.8) is 0 Å². The highest BCUT2D eigenvalue weighted by molar-refractivity contribution is 5.89. The van der Waals surface area contributed by atoms with Gasteiger partial charge in [-0.3, -0.25) is 4.79 Å². The van der Waals surface area contributed by atoms with Crippen molar-refractivity contribution in [2.45, 2.75) is 45.3 Å². The number of aryl methyl sites for hydroxylation is 1. The molecule has 1 fully saturated rings. The minimum absolute atomic E-state index is 0.0295. The lowest BCUT2D eigenvalue weighted by molar-refractivity contribution is 0.0893. The van der Waals surface area contributed by atoms with Gasteiger partial charge in [0.25, 0.3) is 0 Å². The monoisotopic (exact) mass is 369 g/mol. The molecule has 27 heavy (non-hydrogen) atoms. The fraction of sp³-hybridized carbons (Fsp3) is 0.368. The third-order valence-electron chi connectivity index (χ3n) is 4.64. The molecule has 0 aliphatic heterocycles. The SMILES string of the molecule is Cc1cc(=O)oc2cc(OCc3noc(C(=O)NC4CCCC4)n3)ccc12. The van der Waals surface area contributed by atoms with E-state index in [4.69, 9.17) is 13.7 Å². The molecule has 1 aliphatic rings. The normalized spacial score (nSPS) is 14.6. The average molecular weight is 369 g/mol. The van der Waals surface area contributed by atoms with Crippen LogP contribution in [0.15, 0.2) is 38.0 Å². The van der Waals surface area contributed by atoms with E-state index < -0.39 is 5.63 Å². The predicted molar refractivity (Wildman–Crippen MR) is 95.6 cm³/mol. The molecule has 1 aliphatic carbocycles. The van der Waals surface area contributed by atoms with Crippen LogP contribution in [0, 0.1) is 6.92 Å². The summed E-state index contributed by atoms with van der Waals surface area (Å²) >= 11 is 0. The van der Waals surface area contributed by atoms with Crippen molar-refractivity contribution in [3.8, 4) is 5.75 Å². The second kappa shape index (κ2) is 7.22. The summed E-state index contributed by atoms with van der Waals surface area (Å²) in [6, 6.07) is 6.85. The molecule has 0 unspecified atom stereocenters. The van der Waals surface area contributed by atoms with Crippen molar-refractivity contribution >= 4 is 16.9 Å². The van der Waals surface area contributed by atoms with Gasteiger partial charge in [-0.1, -0.05) is 18.0 Å². The first-order valence-corrected chi connectivity index (χ1v) is 8.89. The number of benzene rings is 1. The van der Waals surface area contributed by atoms with Gasteiger partial charge in [0.2, 0.25) is 5.82 Å². The zero-order chi connectivity index (χ0) is 18.8. The molecule has 2 heterocycles. The van der Waals surface area contributed by atoms with Crippen molar-refractivity contribution in [2.24, 2.45) is 0 Å². The Morgan fingerprint density at radius 1 is 1.30 bits per heavy atom.